The van der Waals surface area contributed by atoms with Crippen LogP contribution in [0.15, 0.2) is 18.2 Å². The second-order valence-corrected chi connectivity index (χ2v) is 5.35. The van der Waals surface area contributed by atoms with Crippen molar-refractivity contribution in [3.8, 4) is 0 Å². The van der Waals surface area contributed by atoms with Gasteiger partial charge in [-0.1, -0.05) is 26.8 Å². The zero-order valence-electron chi connectivity index (χ0n) is 12.7. The summed E-state index contributed by atoms with van der Waals surface area (Å²) in [5.41, 5.74) is 1.13. The van der Waals surface area contributed by atoms with Crippen molar-refractivity contribution in [2.24, 2.45) is 0 Å². The normalized spacial score (nSPS) is 16.4. The van der Waals surface area contributed by atoms with Gasteiger partial charge in [0.25, 0.3) is 0 Å². The molecule has 0 aliphatic heterocycles. The Morgan fingerprint density at radius 1 is 1.21 bits per heavy atom. The molecule has 0 aromatic heterocycles. The fourth-order valence-electron chi connectivity index (χ4n) is 2.82. The van der Waals surface area contributed by atoms with Crippen LogP contribution in [0.2, 0.25) is 0 Å². The van der Waals surface area contributed by atoms with Crippen LogP contribution in [-0.4, -0.2) is 28.6 Å². The molecule has 0 radical (unpaired) electrons. The van der Waals surface area contributed by atoms with E-state index in [-0.39, 0.29) is 11.4 Å². The molecule has 0 spiro atoms. The third kappa shape index (κ3) is 3.34. The molecule has 108 valence electrons. The predicted octanol–water partition coefficient (Wildman–Crippen LogP) is 3.68. The molecule has 0 saturated carbocycles. The molecule has 0 saturated heterocycles. The third-order valence-electron chi connectivity index (χ3n) is 4.17. The lowest BCUT2D eigenvalue weighted by molar-refractivity contribution is -0.0215. The van der Waals surface area contributed by atoms with Crippen LogP contribution in [0.3, 0.4) is 0 Å². The van der Waals surface area contributed by atoms with Crippen molar-refractivity contribution < 1.29 is 9.50 Å². The Balaban J connectivity index is 3.16. The van der Waals surface area contributed by atoms with Crippen molar-refractivity contribution in [3.63, 3.8) is 0 Å². The molecular formula is C16H26FNO. The average molecular weight is 267 g/mol. The first-order chi connectivity index (χ1) is 8.88. The standard InChI is InChI=1S/C16H26FNO/c1-6-16(5,18(7-2)8-3)15(19)13-9-12(4)10-14(17)11-13/h9-11,15,19H,6-8H2,1-5H3. The molecule has 1 aromatic carbocycles. The SMILES string of the molecule is CCN(CC)C(C)(CC)C(O)c1cc(C)cc(F)c1. The van der Waals surface area contributed by atoms with Gasteiger partial charge < -0.3 is 5.11 Å². The third-order valence-corrected chi connectivity index (χ3v) is 4.17. The summed E-state index contributed by atoms with van der Waals surface area (Å²) in [7, 11) is 0. The summed E-state index contributed by atoms with van der Waals surface area (Å²) in [6.07, 6.45) is 0.123. The number of rotatable bonds is 6. The molecule has 2 atom stereocenters. The van der Waals surface area contributed by atoms with Crippen LogP contribution in [0.1, 0.15) is 51.3 Å². The van der Waals surface area contributed by atoms with Crippen LogP contribution in [0, 0.1) is 12.7 Å². The van der Waals surface area contributed by atoms with E-state index in [2.05, 4.69) is 25.7 Å². The Morgan fingerprint density at radius 2 is 1.79 bits per heavy atom. The van der Waals surface area contributed by atoms with Crippen LogP contribution < -0.4 is 0 Å². The van der Waals surface area contributed by atoms with E-state index in [0.717, 1.165) is 25.1 Å². The van der Waals surface area contributed by atoms with E-state index in [9.17, 15) is 9.50 Å². The first kappa shape index (κ1) is 16.1. The van der Waals surface area contributed by atoms with Gasteiger partial charge >= 0.3 is 0 Å². The molecule has 1 rings (SSSR count). The summed E-state index contributed by atoms with van der Waals surface area (Å²) >= 11 is 0. The molecule has 1 aromatic rings. The number of halogens is 1. The molecule has 19 heavy (non-hydrogen) atoms. The van der Waals surface area contributed by atoms with Gasteiger partial charge in [0.15, 0.2) is 0 Å². The molecule has 1 N–H and O–H groups in total. The van der Waals surface area contributed by atoms with Crippen molar-refractivity contribution in [2.45, 2.75) is 52.7 Å². The Kier molecular flexibility index (Phi) is 5.50. The van der Waals surface area contributed by atoms with Crippen LogP contribution in [0.5, 0.6) is 0 Å². The number of hydrogen-bond acceptors (Lipinski definition) is 2. The number of aryl methyl sites for hydroxylation is 1. The Hall–Kier alpha value is -0.930. The van der Waals surface area contributed by atoms with E-state index in [4.69, 9.17) is 0 Å². The topological polar surface area (TPSA) is 23.5 Å². The first-order valence-corrected chi connectivity index (χ1v) is 7.09. The van der Waals surface area contributed by atoms with Gasteiger partial charge in [-0.05, 0) is 56.6 Å². The van der Waals surface area contributed by atoms with Crippen molar-refractivity contribution in [1.82, 2.24) is 4.90 Å². The molecule has 0 fully saturated rings. The summed E-state index contributed by atoms with van der Waals surface area (Å²) in [6.45, 7) is 11.9. The van der Waals surface area contributed by atoms with Gasteiger partial charge in [-0.15, -0.1) is 0 Å². The van der Waals surface area contributed by atoms with Crippen molar-refractivity contribution in [3.05, 3.63) is 35.1 Å². The molecule has 0 aliphatic carbocycles. The number of benzene rings is 1. The number of nitrogens with zero attached hydrogens (tertiary/aromatic N) is 1. The zero-order chi connectivity index (χ0) is 14.6. The minimum atomic E-state index is -0.688. The molecule has 0 bridgehead atoms. The van der Waals surface area contributed by atoms with Crippen molar-refractivity contribution in [1.29, 1.82) is 0 Å². The highest BCUT2D eigenvalue weighted by Gasteiger charge is 2.37. The minimum absolute atomic E-state index is 0.285. The van der Waals surface area contributed by atoms with Gasteiger partial charge in [0.05, 0.1) is 6.10 Å². The molecule has 2 unspecified atom stereocenters. The lowest BCUT2D eigenvalue weighted by atomic mass is 9.84. The molecule has 0 aliphatic rings. The number of likely N-dealkylation sites (N-methyl/N-ethyl adjacent to an activating group) is 1. The maximum absolute atomic E-state index is 13.5. The summed E-state index contributed by atoms with van der Waals surface area (Å²) in [5, 5.41) is 10.7. The van der Waals surface area contributed by atoms with Crippen LogP contribution >= 0.6 is 0 Å². The second kappa shape index (κ2) is 6.49. The van der Waals surface area contributed by atoms with E-state index < -0.39 is 6.10 Å². The maximum atomic E-state index is 13.5. The number of aliphatic hydroxyl groups excluding tert-OH is 1. The van der Waals surface area contributed by atoms with Gasteiger partial charge in [0, 0.05) is 5.54 Å². The van der Waals surface area contributed by atoms with Gasteiger partial charge in [-0.25, -0.2) is 4.39 Å². The summed E-state index contributed by atoms with van der Waals surface area (Å²) in [4.78, 5) is 2.23. The maximum Gasteiger partial charge on any atom is 0.123 e. The largest absolute Gasteiger partial charge is 0.386 e. The Bertz CT molecular complexity index is 397. The highest BCUT2D eigenvalue weighted by atomic mass is 19.1. The average Bonchev–Trinajstić information content (AvgIpc) is 2.37. The quantitative estimate of drug-likeness (QED) is 0.850. The summed E-state index contributed by atoms with van der Waals surface area (Å²) in [6, 6.07) is 4.79. The molecule has 3 heteroatoms. The van der Waals surface area contributed by atoms with Crippen LogP contribution in [-0.2, 0) is 0 Å². The summed E-state index contributed by atoms with van der Waals surface area (Å²) < 4.78 is 13.5. The Labute approximate surface area is 116 Å². The lowest BCUT2D eigenvalue weighted by Gasteiger charge is -2.43. The van der Waals surface area contributed by atoms with Gasteiger partial charge in [-0.2, -0.15) is 0 Å². The van der Waals surface area contributed by atoms with E-state index in [0.29, 0.717) is 5.56 Å². The Morgan fingerprint density at radius 3 is 2.21 bits per heavy atom. The monoisotopic (exact) mass is 267 g/mol. The minimum Gasteiger partial charge on any atom is -0.386 e. The molecule has 2 nitrogen and oxygen atoms in total. The number of aliphatic hydroxyl groups is 1. The fraction of sp³-hybridized carbons (Fsp3) is 0.625. The zero-order valence-corrected chi connectivity index (χ0v) is 12.7. The van der Waals surface area contributed by atoms with Crippen LogP contribution in [0.25, 0.3) is 0 Å². The van der Waals surface area contributed by atoms with E-state index in [1.165, 1.54) is 12.1 Å². The lowest BCUT2D eigenvalue weighted by Crippen LogP contribution is -2.50. The van der Waals surface area contributed by atoms with Gasteiger partial charge in [-0.3, -0.25) is 4.90 Å². The van der Waals surface area contributed by atoms with Crippen molar-refractivity contribution in [2.75, 3.05) is 13.1 Å². The van der Waals surface area contributed by atoms with Gasteiger partial charge in [0.1, 0.15) is 5.82 Å². The first-order valence-electron chi connectivity index (χ1n) is 7.09. The summed E-state index contributed by atoms with van der Waals surface area (Å²) in [5.74, 6) is -0.285. The van der Waals surface area contributed by atoms with E-state index in [1.54, 1.807) is 0 Å². The predicted molar refractivity (Wildman–Crippen MR) is 77.7 cm³/mol. The molecule has 0 amide bonds. The number of hydrogen-bond donors (Lipinski definition) is 1. The van der Waals surface area contributed by atoms with E-state index >= 15 is 0 Å². The van der Waals surface area contributed by atoms with Crippen LogP contribution in [0.4, 0.5) is 4.39 Å². The highest BCUT2D eigenvalue weighted by Crippen LogP contribution is 2.34. The smallest absolute Gasteiger partial charge is 0.123 e. The molecule has 0 heterocycles. The fourth-order valence-corrected chi connectivity index (χ4v) is 2.82. The second-order valence-electron chi connectivity index (χ2n) is 5.35. The van der Waals surface area contributed by atoms with E-state index in [1.807, 2.05) is 19.9 Å². The molecular weight excluding hydrogens is 241 g/mol. The highest BCUT2D eigenvalue weighted by molar-refractivity contribution is 5.27. The van der Waals surface area contributed by atoms with Crippen molar-refractivity contribution >= 4 is 0 Å². The van der Waals surface area contributed by atoms with Gasteiger partial charge in [0.2, 0.25) is 0 Å².